The maximum atomic E-state index is 11.1. The van der Waals surface area contributed by atoms with Crippen LogP contribution in [0.2, 0.25) is 0 Å². The van der Waals surface area contributed by atoms with Gasteiger partial charge in [-0.15, -0.1) is 0 Å². The second-order valence-electron chi connectivity index (χ2n) is 3.54. The predicted molar refractivity (Wildman–Crippen MR) is 67.4 cm³/mol. The number of hydrogen-bond donors (Lipinski definition) is 0. The topological polar surface area (TPSA) is 35.5 Å². The third-order valence-electron chi connectivity index (χ3n) is 2.21. The van der Waals surface area contributed by atoms with Crippen LogP contribution in [0.4, 0.5) is 0 Å². The van der Waals surface area contributed by atoms with Gasteiger partial charge < -0.3 is 9.47 Å². The predicted octanol–water partition coefficient (Wildman–Crippen LogP) is 3.42. The molecule has 0 aromatic rings. The quantitative estimate of drug-likeness (QED) is 0.650. The van der Waals surface area contributed by atoms with Gasteiger partial charge in [0.2, 0.25) is 0 Å². The molecule has 0 aromatic heterocycles. The highest BCUT2D eigenvalue weighted by molar-refractivity contribution is 5.74. The fourth-order valence-electron chi connectivity index (χ4n) is 1.70. The van der Waals surface area contributed by atoms with E-state index >= 15 is 0 Å². The number of rotatable bonds is 1. The van der Waals surface area contributed by atoms with Crippen molar-refractivity contribution in [2.24, 2.45) is 5.92 Å². The fraction of sp³-hybridized carbons (Fsp3) is 0.923. The van der Waals surface area contributed by atoms with Crippen LogP contribution < -0.4 is 0 Å². The molecule has 3 nitrogen and oxygen atoms in total. The first-order chi connectivity index (χ1) is 7.63. The summed E-state index contributed by atoms with van der Waals surface area (Å²) in [6.45, 7) is 12.1. The Hall–Kier alpha value is -0.570. The lowest BCUT2D eigenvalue weighted by Gasteiger charge is -2.30. The van der Waals surface area contributed by atoms with Gasteiger partial charge in [0.1, 0.15) is 0 Å². The summed E-state index contributed by atoms with van der Waals surface area (Å²) in [7, 11) is 1.40. The average molecular weight is 232 g/mol. The smallest absolute Gasteiger partial charge is 0.334 e. The van der Waals surface area contributed by atoms with Gasteiger partial charge in [-0.25, -0.2) is 4.79 Å². The van der Waals surface area contributed by atoms with Crippen molar-refractivity contribution in [3.05, 3.63) is 0 Å². The molecule has 3 atom stereocenters. The molecule has 1 fully saturated rings. The molecule has 0 aromatic carbocycles. The van der Waals surface area contributed by atoms with Gasteiger partial charge in [0, 0.05) is 0 Å². The number of esters is 1. The Balaban J connectivity index is 0. The zero-order valence-electron chi connectivity index (χ0n) is 11.9. The Kier molecular flexibility index (Phi) is 12.2. The Morgan fingerprint density at radius 3 is 2.00 bits per heavy atom. The molecule has 1 aliphatic heterocycles. The standard InChI is InChI=1S/C9H16O3.2C2H6/c1-6-4-7(2)12-8(5-6)9(10)11-3;2*1-2/h6-8H,4-5H2,1-3H3;2*1-2H3. The third-order valence-corrected chi connectivity index (χ3v) is 2.21. The second kappa shape index (κ2) is 10.9. The molecule has 0 amide bonds. The maximum Gasteiger partial charge on any atom is 0.334 e. The van der Waals surface area contributed by atoms with E-state index in [4.69, 9.17) is 4.74 Å². The van der Waals surface area contributed by atoms with E-state index in [0.717, 1.165) is 12.8 Å². The highest BCUT2D eigenvalue weighted by Gasteiger charge is 2.30. The maximum absolute atomic E-state index is 11.1. The first-order valence-electron chi connectivity index (χ1n) is 6.36. The van der Waals surface area contributed by atoms with Crippen molar-refractivity contribution < 1.29 is 14.3 Å². The number of carbonyl (C=O) groups excluding carboxylic acids is 1. The van der Waals surface area contributed by atoms with Crippen LogP contribution in [0.3, 0.4) is 0 Å². The van der Waals surface area contributed by atoms with E-state index in [1.807, 2.05) is 34.6 Å². The summed E-state index contributed by atoms with van der Waals surface area (Å²) in [6.07, 6.45) is 1.66. The Morgan fingerprint density at radius 2 is 1.62 bits per heavy atom. The van der Waals surface area contributed by atoms with E-state index in [1.165, 1.54) is 7.11 Å². The zero-order chi connectivity index (χ0) is 13.1. The summed E-state index contributed by atoms with van der Waals surface area (Å²) in [5, 5.41) is 0. The monoisotopic (exact) mass is 232 g/mol. The van der Waals surface area contributed by atoms with Gasteiger partial charge in [0.05, 0.1) is 13.2 Å². The summed E-state index contributed by atoms with van der Waals surface area (Å²) >= 11 is 0. The second-order valence-corrected chi connectivity index (χ2v) is 3.54. The highest BCUT2D eigenvalue weighted by atomic mass is 16.6. The van der Waals surface area contributed by atoms with E-state index in [1.54, 1.807) is 0 Å². The van der Waals surface area contributed by atoms with Crippen LogP contribution in [0.1, 0.15) is 54.4 Å². The first-order valence-corrected chi connectivity index (χ1v) is 6.36. The van der Waals surface area contributed by atoms with Crippen molar-refractivity contribution in [1.29, 1.82) is 0 Å². The first kappa shape index (κ1) is 17.8. The highest BCUT2D eigenvalue weighted by Crippen LogP contribution is 2.24. The average Bonchev–Trinajstić information content (AvgIpc) is 2.32. The molecule has 1 heterocycles. The summed E-state index contributed by atoms with van der Waals surface area (Å²) in [5.41, 5.74) is 0. The molecule has 0 bridgehead atoms. The van der Waals surface area contributed by atoms with Crippen molar-refractivity contribution in [2.45, 2.75) is 66.6 Å². The van der Waals surface area contributed by atoms with E-state index < -0.39 is 0 Å². The molecule has 0 radical (unpaired) electrons. The minimum Gasteiger partial charge on any atom is -0.467 e. The molecular weight excluding hydrogens is 204 g/mol. The van der Waals surface area contributed by atoms with Crippen LogP contribution in [0.25, 0.3) is 0 Å². The number of carbonyl (C=O) groups is 1. The molecule has 1 rings (SSSR count). The number of ether oxygens (including phenoxy) is 2. The van der Waals surface area contributed by atoms with Gasteiger partial charge >= 0.3 is 5.97 Å². The van der Waals surface area contributed by atoms with Gasteiger partial charge in [-0.3, -0.25) is 0 Å². The minimum absolute atomic E-state index is 0.179. The largest absolute Gasteiger partial charge is 0.467 e. The Morgan fingerprint density at radius 1 is 1.12 bits per heavy atom. The van der Waals surface area contributed by atoms with Crippen LogP contribution >= 0.6 is 0 Å². The molecule has 98 valence electrons. The van der Waals surface area contributed by atoms with E-state index in [0.29, 0.717) is 5.92 Å². The Labute approximate surface area is 101 Å². The van der Waals surface area contributed by atoms with Crippen LogP contribution in [-0.2, 0) is 14.3 Å². The van der Waals surface area contributed by atoms with Crippen molar-refractivity contribution in [2.75, 3.05) is 7.11 Å². The van der Waals surface area contributed by atoms with Crippen molar-refractivity contribution >= 4 is 5.97 Å². The van der Waals surface area contributed by atoms with Gasteiger partial charge in [-0.1, -0.05) is 34.6 Å². The lowest BCUT2D eigenvalue weighted by atomic mass is 9.94. The van der Waals surface area contributed by atoms with Gasteiger partial charge in [0.25, 0.3) is 0 Å². The van der Waals surface area contributed by atoms with Crippen molar-refractivity contribution in [3.8, 4) is 0 Å². The molecule has 3 unspecified atom stereocenters. The number of hydrogen-bond acceptors (Lipinski definition) is 3. The number of methoxy groups -OCH3 is 1. The molecule has 0 aliphatic carbocycles. The van der Waals surface area contributed by atoms with Crippen molar-refractivity contribution in [1.82, 2.24) is 0 Å². The summed E-state index contributed by atoms with van der Waals surface area (Å²) < 4.78 is 10.1. The molecule has 3 heteroatoms. The van der Waals surface area contributed by atoms with Crippen LogP contribution in [0.5, 0.6) is 0 Å². The van der Waals surface area contributed by atoms with Gasteiger partial charge in [0.15, 0.2) is 6.10 Å². The lowest BCUT2D eigenvalue weighted by Crippen LogP contribution is -2.36. The summed E-state index contributed by atoms with van der Waals surface area (Å²) in [5.74, 6) is 0.311. The van der Waals surface area contributed by atoms with E-state index in [-0.39, 0.29) is 18.2 Å². The van der Waals surface area contributed by atoms with E-state index in [9.17, 15) is 4.79 Å². The third kappa shape index (κ3) is 6.83. The van der Waals surface area contributed by atoms with Crippen LogP contribution in [0, 0.1) is 5.92 Å². The molecule has 0 N–H and O–H groups in total. The minimum atomic E-state index is -0.339. The fourth-order valence-corrected chi connectivity index (χ4v) is 1.70. The summed E-state index contributed by atoms with van der Waals surface area (Å²) in [6, 6.07) is 0. The van der Waals surface area contributed by atoms with Gasteiger partial charge in [-0.05, 0) is 25.7 Å². The normalized spacial score (nSPS) is 27.8. The molecule has 1 aliphatic rings. The molecule has 0 saturated carbocycles. The van der Waals surface area contributed by atoms with Crippen molar-refractivity contribution in [3.63, 3.8) is 0 Å². The van der Waals surface area contributed by atoms with Gasteiger partial charge in [-0.2, -0.15) is 0 Å². The SMILES string of the molecule is CC.CC.COC(=O)C1CC(C)CC(C)O1. The molecule has 16 heavy (non-hydrogen) atoms. The van der Waals surface area contributed by atoms with Crippen LogP contribution in [-0.4, -0.2) is 25.3 Å². The lowest BCUT2D eigenvalue weighted by molar-refractivity contribution is -0.164. The summed E-state index contributed by atoms with van der Waals surface area (Å²) in [4.78, 5) is 11.1. The zero-order valence-corrected chi connectivity index (χ0v) is 11.9. The Bertz CT molecular complexity index is 159. The van der Waals surface area contributed by atoms with Crippen LogP contribution in [0.15, 0.2) is 0 Å². The molecule has 0 spiro atoms. The van der Waals surface area contributed by atoms with E-state index in [2.05, 4.69) is 11.7 Å². The molecular formula is C13H28O3. The molecule has 1 saturated heterocycles.